The number of hydrogen-bond donors (Lipinski definition) is 2. The van der Waals surface area contributed by atoms with Crippen LogP contribution in [0, 0.1) is 6.92 Å². The molecule has 33 heavy (non-hydrogen) atoms. The summed E-state index contributed by atoms with van der Waals surface area (Å²) in [6, 6.07) is 17.4. The van der Waals surface area contributed by atoms with Crippen molar-refractivity contribution in [1.82, 2.24) is 20.8 Å². The van der Waals surface area contributed by atoms with E-state index < -0.39 is 11.8 Å². The smallest absolute Gasteiger partial charge is 0.268 e. The van der Waals surface area contributed by atoms with Gasteiger partial charge in [0.25, 0.3) is 11.8 Å². The van der Waals surface area contributed by atoms with Gasteiger partial charge >= 0.3 is 0 Å². The van der Waals surface area contributed by atoms with Crippen LogP contribution < -0.4 is 10.6 Å². The van der Waals surface area contributed by atoms with Crippen molar-refractivity contribution in [3.63, 3.8) is 0 Å². The van der Waals surface area contributed by atoms with Crippen molar-refractivity contribution in [3.05, 3.63) is 100 Å². The molecule has 0 saturated carbocycles. The van der Waals surface area contributed by atoms with Crippen molar-refractivity contribution in [1.29, 1.82) is 0 Å². The van der Waals surface area contributed by atoms with Gasteiger partial charge in [0.05, 0.1) is 17.8 Å². The van der Waals surface area contributed by atoms with Crippen LogP contribution in [0.5, 0.6) is 0 Å². The fourth-order valence-electron chi connectivity index (χ4n) is 2.90. The van der Waals surface area contributed by atoms with Gasteiger partial charge in [-0.05, 0) is 43.3 Å². The van der Waals surface area contributed by atoms with E-state index in [4.69, 9.17) is 20.5 Å². The molecule has 0 aliphatic rings. The first kappa shape index (κ1) is 22.0. The molecule has 8 nitrogen and oxygen atoms in total. The van der Waals surface area contributed by atoms with Gasteiger partial charge in [-0.2, -0.15) is 4.98 Å². The lowest BCUT2D eigenvalue weighted by Gasteiger charge is -2.10. The van der Waals surface area contributed by atoms with E-state index in [1.165, 1.54) is 12.3 Å². The number of amides is 2. The van der Waals surface area contributed by atoms with Crippen molar-refractivity contribution in [2.75, 3.05) is 0 Å². The number of nitrogens with zero attached hydrogens (tertiary/aromatic N) is 2. The van der Waals surface area contributed by atoms with Gasteiger partial charge < -0.3 is 19.6 Å². The third kappa shape index (κ3) is 5.55. The fraction of sp³-hybridized carbons (Fsp3) is 0.0833. The largest absolute Gasteiger partial charge is 0.465 e. The maximum absolute atomic E-state index is 12.8. The van der Waals surface area contributed by atoms with E-state index in [2.05, 4.69) is 20.8 Å². The van der Waals surface area contributed by atoms with Crippen LogP contribution >= 0.6 is 11.6 Å². The minimum Gasteiger partial charge on any atom is -0.465 e. The van der Waals surface area contributed by atoms with Crippen LogP contribution in [0.3, 0.4) is 0 Å². The molecule has 2 aromatic carbocycles. The molecule has 9 heteroatoms. The summed E-state index contributed by atoms with van der Waals surface area (Å²) in [4.78, 5) is 29.8. The average Bonchev–Trinajstić information content (AvgIpc) is 3.50. The predicted molar refractivity (Wildman–Crippen MR) is 122 cm³/mol. The molecule has 4 aromatic rings. The van der Waals surface area contributed by atoms with Crippen LogP contribution in [0.25, 0.3) is 17.5 Å². The Hall–Kier alpha value is -4.17. The number of aromatic nitrogens is 2. The maximum Gasteiger partial charge on any atom is 0.268 e. The van der Waals surface area contributed by atoms with E-state index in [1.807, 2.05) is 25.1 Å². The summed E-state index contributed by atoms with van der Waals surface area (Å²) in [7, 11) is 0. The Kier molecular flexibility index (Phi) is 6.66. The van der Waals surface area contributed by atoms with Crippen molar-refractivity contribution in [3.8, 4) is 11.4 Å². The van der Waals surface area contributed by atoms with E-state index in [-0.39, 0.29) is 18.1 Å². The van der Waals surface area contributed by atoms with E-state index >= 15 is 0 Å². The molecule has 2 aromatic heterocycles. The summed E-state index contributed by atoms with van der Waals surface area (Å²) in [5, 5.41) is 9.68. The van der Waals surface area contributed by atoms with E-state index in [0.717, 1.165) is 5.56 Å². The van der Waals surface area contributed by atoms with Gasteiger partial charge in [-0.25, -0.2) is 0 Å². The summed E-state index contributed by atoms with van der Waals surface area (Å²) in [6.45, 7) is 1.87. The van der Waals surface area contributed by atoms with Crippen molar-refractivity contribution in [2.24, 2.45) is 0 Å². The quantitative estimate of drug-likeness (QED) is 0.394. The monoisotopic (exact) mass is 462 g/mol. The van der Waals surface area contributed by atoms with Gasteiger partial charge in [0.15, 0.2) is 0 Å². The molecule has 166 valence electrons. The molecule has 2 heterocycles. The molecule has 0 saturated heterocycles. The Balaban J connectivity index is 1.47. The zero-order valence-corrected chi connectivity index (χ0v) is 18.3. The van der Waals surface area contributed by atoms with E-state index in [9.17, 15) is 9.59 Å². The Bertz CT molecular complexity index is 1290. The standard InChI is InChI=1S/C24H19ClN4O4/c1-15-8-10-16(11-9-15)23(30)27-20(13-17-5-4-12-32-17)24(31)26-14-21-28-22(29-33-21)18-6-2-3-7-19(18)25/h2-13H,14H2,1H3,(H,26,31)(H,27,30)/b20-13-. The summed E-state index contributed by atoms with van der Waals surface area (Å²) in [6.07, 6.45) is 2.91. The van der Waals surface area contributed by atoms with Crippen LogP contribution in [-0.4, -0.2) is 22.0 Å². The van der Waals surface area contributed by atoms with Crippen LogP contribution in [-0.2, 0) is 11.3 Å². The van der Waals surface area contributed by atoms with Crippen molar-refractivity contribution >= 4 is 29.5 Å². The first-order valence-electron chi connectivity index (χ1n) is 9.98. The number of hydrogen-bond acceptors (Lipinski definition) is 6. The first-order valence-corrected chi connectivity index (χ1v) is 10.4. The molecule has 0 radical (unpaired) electrons. The van der Waals surface area contributed by atoms with Gasteiger partial charge in [0.1, 0.15) is 11.5 Å². The highest BCUT2D eigenvalue weighted by Crippen LogP contribution is 2.24. The van der Waals surface area contributed by atoms with Gasteiger partial charge in [-0.3, -0.25) is 9.59 Å². The minimum absolute atomic E-state index is 0.00127. The minimum atomic E-state index is -0.552. The number of rotatable bonds is 7. The highest BCUT2D eigenvalue weighted by molar-refractivity contribution is 6.33. The SMILES string of the molecule is Cc1ccc(C(=O)N/C(=C\c2ccco2)C(=O)NCc2nc(-c3ccccc3Cl)no2)cc1. The number of benzene rings is 2. The fourth-order valence-corrected chi connectivity index (χ4v) is 3.12. The highest BCUT2D eigenvalue weighted by Gasteiger charge is 2.17. The second-order valence-corrected chi connectivity index (χ2v) is 7.48. The topological polar surface area (TPSA) is 110 Å². The second-order valence-electron chi connectivity index (χ2n) is 7.07. The number of furan rings is 1. The van der Waals surface area contributed by atoms with Crippen molar-refractivity contribution < 1.29 is 18.5 Å². The molecular formula is C24H19ClN4O4. The number of halogens is 1. The lowest BCUT2D eigenvalue weighted by Crippen LogP contribution is -2.34. The molecule has 4 rings (SSSR count). The van der Waals surface area contributed by atoms with Crippen LogP contribution in [0.2, 0.25) is 5.02 Å². The van der Waals surface area contributed by atoms with E-state index in [0.29, 0.717) is 27.7 Å². The molecule has 0 spiro atoms. The first-order chi connectivity index (χ1) is 16.0. The van der Waals surface area contributed by atoms with Gasteiger partial charge in [-0.15, -0.1) is 0 Å². The zero-order chi connectivity index (χ0) is 23.2. The molecule has 0 aliphatic carbocycles. The summed E-state index contributed by atoms with van der Waals surface area (Å²) < 4.78 is 10.5. The van der Waals surface area contributed by atoms with Crippen LogP contribution in [0.15, 0.2) is 81.6 Å². The molecule has 0 aliphatic heterocycles. The molecule has 0 atom stereocenters. The van der Waals surface area contributed by atoms with E-state index in [1.54, 1.807) is 42.5 Å². The zero-order valence-electron chi connectivity index (χ0n) is 17.5. The molecule has 2 N–H and O–H groups in total. The van der Waals surface area contributed by atoms with Gasteiger partial charge in [0, 0.05) is 17.2 Å². The Morgan fingerprint density at radius 1 is 1.06 bits per heavy atom. The Labute approximate surface area is 194 Å². The van der Waals surface area contributed by atoms with Gasteiger partial charge in [0.2, 0.25) is 11.7 Å². The number of carbonyl (C=O) groups is 2. The van der Waals surface area contributed by atoms with Crippen molar-refractivity contribution in [2.45, 2.75) is 13.5 Å². The molecule has 0 fully saturated rings. The highest BCUT2D eigenvalue weighted by atomic mass is 35.5. The lowest BCUT2D eigenvalue weighted by atomic mass is 10.1. The second kappa shape index (κ2) is 9.97. The molecule has 0 bridgehead atoms. The van der Waals surface area contributed by atoms with Gasteiger partial charge in [-0.1, -0.05) is 46.6 Å². The Morgan fingerprint density at radius 3 is 2.58 bits per heavy atom. The average molecular weight is 463 g/mol. The normalized spacial score (nSPS) is 11.3. The number of nitrogens with one attached hydrogen (secondary N) is 2. The molecular weight excluding hydrogens is 444 g/mol. The maximum atomic E-state index is 12.8. The lowest BCUT2D eigenvalue weighted by molar-refractivity contribution is -0.118. The van der Waals surface area contributed by atoms with Crippen LogP contribution in [0.4, 0.5) is 0 Å². The third-order valence-corrected chi connectivity index (χ3v) is 4.95. The summed E-state index contributed by atoms with van der Waals surface area (Å²) in [5.74, 6) is -0.0846. The Morgan fingerprint density at radius 2 is 1.85 bits per heavy atom. The summed E-state index contributed by atoms with van der Waals surface area (Å²) >= 11 is 6.16. The molecule has 0 unspecified atom stereocenters. The molecule has 2 amide bonds. The predicted octanol–water partition coefficient (Wildman–Crippen LogP) is 4.38. The third-order valence-electron chi connectivity index (χ3n) is 4.62. The number of carbonyl (C=O) groups excluding carboxylic acids is 2. The van der Waals surface area contributed by atoms with Crippen LogP contribution in [0.1, 0.15) is 27.6 Å². The number of aryl methyl sites for hydroxylation is 1. The summed E-state index contributed by atoms with van der Waals surface area (Å²) in [5.41, 5.74) is 2.05.